The third-order valence-electron chi connectivity index (χ3n) is 6.95. The molecule has 0 fully saturated rings. The molecular formula is C31H21BF2I2N2O2. The molecule has 0 atom stereocenters. The van der Waals surface area contributed by atoms with Gasteiger partial charge in [-0.15, -0.1) is 0 Å². The Morgan fingerprint density at radius 3 is 2.05 bits per heavy atom. The van der Waals surface area contributed by atoms with E-state index in [4.69, 9.17) is 14.5 Å². The Morgan fingerprint density at radius 1 is 0.725 bits per heavy atom. The van der Waals surface area contributed by atoms with E-state index in [1.165, 1.54) is 0 Å². The second-order valence-corrected chi connectivity index (χ2v) is 11.6. The lowest BCUT2D eigenvalue weighted by molar-refractivity contribution is 0.414. The topological polar surface area (TPSA) is 35.8 Å². The molecule has 9 heteroatoms. The number of para-hydroxylation sites is 2. The summed E-state index contributed by atoms with van der Waals surface area (Å²) in [6, 6.07) is 26.8. The number of nitrogens with zero attached hydrogens (tertiary/aromatic N) is 2. The fourth-order valence-corrected chi connectivity index (χ4v) is 6.23. The quantitative estimate of drug-likeness (QED) is 0.129. The fraction of sp³-hybridized carbons (Fsp3) is 0.0645. The van der Waals surface area contributed by atoms with Crippen molar-refractivity contribution in [1.29, 1.82) is 0 Å². The lowest BCUT2D eigenvalue weighted by atomic mass is 9.98. The number of halogens is 4. The van der Waals surface area contributed by atoms with Crippen LogP contribution in [0.3, 0.4) is 0 Å². The summed E-state index contributed by atoms with van der Waals surface area (Å²) in [5.41, 5.74) is 5.39. The molecular weight excluding hydrogens is 735 g/mol. The van der Waals surface area contributed by atoms with Gasteiger partial charge in [0.25, 0.3) is 0 Å². The lowest BCUT2D eigenvalue weighted by Gasteiger charge is -2.13. The van der Waals surface area contributed by atoms with Gasteiger partial charge in [0, 0.05) is 45.9 Å². The van der Waals surface area contributed by atoms with Gasteiger partial charge in [-0.25, -0.2) is 4.99 Å². The summed E-state index contributed by atoms with van der Waals surface area (Å²) in [6.07, 6.45) is 1.77. The third kappa shape index (κ3) is 4.62. The monoisotopic (exact) mass is 756 g/mol. The van der Waals surface area contributed by atoms with Crippen LogP contribution in [0.2, 0.25) is 0 Å². The predicted molar refractivity (Wildman–Crippen MR) is 176 cm³/mol. The van der Waals surface area contributed by atoms with Crippen molar-refractivity contribution in [2.24, 2.45) is 4.99 Å². The van der Waals surface area contributed by atoms with Gasteiger partial charge in [-0.05, 0) is 99.8 Å². The third-order valence-corrected chi connectivity index (χ3v) is 8.29. The maximum absolute atomic E-state index is 15.0. The van der Waals surface area contributed by atoms with Gasteiger partial charge >= 0.3 is 7.40 Å². The first-order valence-corrected chi connectivity index (χ1v) is 14.6. The highest BCUT2D eigenvalue weighted by Gasteiger charge is 2.31. The van der Waals surface area contributed by atoms with Crippen molar-refractivity contribution in [3.05, 3.63) is 114 Å². The van der Waals surface area contributed by atoms with E-state index in [0.29, 0.717) is 39.5 Å². The van der Waals surface area contributed by atoms with E-state index in [9.17, 15) is 0 Å². The highest BCUT2D eigenvalue weighted by Crippen LogP contribution is 2.42. The van der Waals surface area contributed by atoms with Gasteiger partial charge in [0.2, 0.25) is 0 Å². The SMILES string of the molecule is COc1ccccc1C1=N/C(=C/c2c3ccc(I)cc3c(-c3ccccc3OC)n2B(F)F)c2ccc(I)cc21. The van der Waals surface area contributed by atoms with E-state index in [1.807, 2.05) is 72.8 Å². The van der Waals surface area contributed by atoms with E-state index in [1.54, 1.807) is 26.4 Å². The van der Waals surface area contributed by atoms with Gasteiger partial charge in [-0.1, -0.05) is 36.4 Å². The Balaban J connectivity index is 1.67. The predicted octanol–water partition coefficient (Wildman–Crippen LogP) is 8.66. The second kappa shape index (κ2) is 11.0. The summed E-state index contributed by atoms with van der Waals surface area (Å²) in [5, 5.41) is 1.43. The minimum atomic E-state index is -2.80. The van der Waals surface area contributed by atoms with E-state index < -0.39 is 7.40 Å². The van der Waals surface area contributed by atoms with Gasteiger partial charge in [0.05, 0.1) is 31.3 Å². The number of fused-ring (bicyclic) bond motifs is 2. The standard InChI is InChI=1S/C31H21BF2I2N2O2/c1-39-28-9-5-3-7-22(28)30-24-15-18(35)11-13-20(24)26(37-30)17-27-21-14-12-19(36)16-25(21)31(38(27)32(33)34)23-8-4-6-10-29(23)40-2/h3-17H,1-2H3/b26-17+. The Bertz CT molecular complexity index is 1850. The Labute approximate surface area is 258 Å². The molecule has 0 amide bonds. The number of hydrogen-bond donors (Lipinski definition) is 0. The highest BCUT2D eigenvalue weighted by atomic mass is 127. The molecule has 198 valence electrons. The number of benzene rings is 4. The molecule has 1 aliphatic heterocycles. The minimum absolute atomic E-state index is 0.381. The molecule has 40 heavy (non-hydrogen) atoms. The molecule has 0 spiro atoms. The molecule has 1 aromatic heterocycles. The molecule has 0 radical (unpaired) electrons. The maximum atomic E-state index is 15.0. The number of methoxy groups -OCH3 is 2. The molecule has 2 heterocycles. The zero-order chi connectivity index (χ0) is 28.0. The van der Waals surface area contributed by atoms with Gasteiger partial charge in [0.15, 0.2) is 0 Å². The van der Waals surface area contributed by atoms with Crippen molar-refractivity contribution < 1.29 is 18.1 Å². The zero-order valence-electron chi connectivity index (χ0n) is 21.5. The van der Waals surface area contributed by atoms with Crippen LogP contribution >= 0.6 is 45.2 Å². The van der Waals surface area contributed by atoms with Crippen LogP contribution in [-0.2, 0) is 0 Å². The first-order chi connectivity index (χ1) is 19.4. The van der Waals surface area contributed by atoms with E-state index >= 15 is 8.63 Å². The van der Waals surface area contributed by atoms with Crippen molar-refractivity contribution in [2.75, 3.05) is 14.2 Å². The number of rotatable bonds is 6. The number of ether oxygens (including phenoxy) is 2. The molecule has 0 saturated heterocycles. The second-order valence-electron chi connectivity index (χ2n) is 9.15. The zero-order valence-corrected chi connectivity index (χ0v) is 25.8. The summed E-state index contributed by atoms with van der Waals surface area (Å²) in [5.74, 6) is 1.22. The average molecular weight is 756 g/mol. The van der Waals surface area contributed by atoms with Crippen LogP contribution in [0.1, 0.15) is 22.4 Å². The summed E-state index contributed by atoms with van der Waals surface area (Å²) >= 11 is 4.49. The van der Waals surface area contributed by atoms with Crippen LogP contribution in [-0.4, -0.2) is 31.8 Å². The first-order valence-electron chi connectivity index (χ1n) is 12.4. The Morgan fingerprint density at radius 2 is 1.35 bits per heavy atom. The highest BCUT2D eigenvalue weighted by molar-refractivity contribution is 14.1. The molecule has 4 nitrogen and oxygen atoms in total. The van der Waals surface area contributed by atoms with Crippen molar-refractivity contribution in [2.45, 2.75) is 0 Å². The molecule has 0 unspecified atom stereocenters. The van der Waals surface area contributed by atoms with E-state index in [2.05, 4.69) is 51.2 Å². The minimum Gasteiger partial charge on any atom is -0.496 e. The number of aliphatic imine (C=N–C) groups is 1. The smallest absolute Gasteiger partial charge is 0.496 e. The molecule has 0 saturated carbocycles. The molecule has 1 aliphatic rings. The van der Waals surface area contributed by atoms with Crippen molar-refractivity contribution >= 4 is 80.8 Å². The number of aromatic nitrogens is 1. The van der Waals surface area contributed by atoms with Crippen LogP contribution < -0.4 is 9.47 Å². The van der Waals surface area contributed by atoms with Gasteiger partial charge in [-0.3, -0.25) is 8.63 Å². The van der Waals surface area contributed by atoms with Crippen molar-refractivity contribution in [3.8, 4) is 22.8 Å². The maximum Gasteiger partial charge on any atom is 0.678 e. The molecule has 0 N–H and O–H groups in total. The van der Waals surface area contributed by atoms with Crippen LogP contribution in [0.15, 0.2) is 89.9 Å². The van der Waals surface area contributed by atoms with Gasteiger partial charge < -0.3 is 14.0 Å². The molecule has 5 aromatic rings. The van der Waals surface area contributed by atoms with Crippen molar-refractivity contribution in [1.82, 2.24) is 4.48 Å². The lowest BCUT2D eigenvalue weighted by Crippen LogP contribution is -2.16. The van der Waals surface area contributed by atoms with Crippen LogP contribution in [0.25, 0.3) is 33.8 Å². The largest absolute Gasteiger partial charge is 0.678 e. The summed E-state index contributed by atoms with van der Waals surface area (Å²) < 4.78 is 44.4. The Hall–Kier alpha value is -3.19. The summed E-state index contributed by atoms with van der Waals surface area (Å²) in [7, 11) is 0.379. The summed E-state index contributed by atoms with van der Waals surface area (Å²) in [6.45, 7) is 0. The van der Waals surface area contributed by atoms with Crippen LogP contribution in [0.5, 0.6) is 11.5 Å². The van der Waals surface area contributed by atoms with E-state index in [-0.39, 0.29) is 0 Å². The molecule has 0 bridgehead atoms. The average Bonchev–Trinajstić information content (AvgIpc) is 3.47. The first kappa shape index (κ1) is 27.0. The fourth-order valence-electron chi connectivity index (χ4n) is 5.24. The molecule has 4 aromatic carbocycles. The molecule has 6 rings (SSSR count). The van der Waals surface area contributed by atoms with Crippen molar-refractivity contribution in [3.63, 3.8) is 0 Å². The summed E-state index contributed by atoms with van der Waals surface area (Å²) in [4.78, 5) is 5.02. The normalized spacial score (nSPS) is 13.4. The van der Waals surface area contributed by atoms with Gasteiger partial charge in [-0.2, -0.15) is 0 Å². The van der Waals surface area contributed by atoms with E-state index in [0.717, 1.165) is 39.4 Å². The van der Waals surface area contributed by atoms with Crippen LogP contribution in [0.4, 0.5) is 8.63 Å². The van der Waals surface area contributed by atoms with Gasteiger partial charge in [0.1, 0.15) is 11.5 Å². The van der Waals surface area contributed by atoms with Crippen LogP contribution in [0, 0.1) is 7.14 Å². The molecule has 0 aliphatic carbocycles. The number of hydrogen-bond acceptors (Lipinski definition) is 3. The Kier molecular flexibility index (Phi) is 7.43.